The minimum absolute atomic E-state index is 0.0469. The molecule has 2 aliphatic heterocycles. The van der Waals surface area contributed by atoms with Crippen LogP contribution in [-0.2, 0) is 16.0 Å². The van der Waals surface area contributed by atoms with Crippen LogP contribution in [0.4, 0.5) is 10.1 Å². The second kappa shape index (κ2) is 7.52. The van der Waals surface area contributed by atoms with Crippen molar-refractivity contribution < 1.29 is 19.1 Å². The van der Waals surface area contributed by atoms with E-state index >= 15 is 0 Å². The van der Waals surface area contributed by atoms with Gasteiger partial charge in [-0.15, -0.1) is 0 Å². The zero-order valence-corrected chi connectivity index (χ0v) is 17.4. The highest BCUT2D eigenvalue weighted by molar-refractivity contribution is 5.88. The van der Waals surface area contributed by atoms with E-state index in [-0.39, 0.29) is 23.5 Å². The fraction of sp³-hybridized carbons (Fsp3) is 0.652. The van der Waals surface area contributed by atoms with Gasteiger partial charge in [-0.05, 0) is 57.1 Å². The molecule has 0 bridgehead atoms. The first-order valence-electron chi connectivity index (χ1n) is 11.3. The lowest BCUT2D eigenvalue weighted by Crippen LogP contribution is -2.54. The topological polar surface area (TPSA) is 64.1 Å². The number of carbonyl (C=O) groups is 2. The molecule has 1 aromatic rings. The number of rotatable bonds is 3. The van der Waals surface area contributed by atoms with E-state index in [1.54, 1.807) is 11.0 Å². The van der Waals surface area contributed by atoms with Gasteiger partial charge in [-0.1, -0.05) is 6.07 Å². The Morgan fingerprint density at radius 3 is 2.30 bits per heavy atom. The summed E-state index contributed by atoms with van der Waals surface area (Å²) in [5.74, 6) is -0.0213. The number of nitrogens with zero attached hydrogens (tertiary/aromatic N) is 3. The number of hydrogen-bond donors (Lipinski definition) is 1. The molecule has 0 radical (unpaired) electrons. The Balaban J connectivity index is 1.13. The number of piperazine rings is 1. The van der Waals surface area contributed by atoms with Crippen molar-refractivity contribution >= 4 is 17.5 Å². The van der Waals surface area contributed by atoms with Crippen LogP contribution < -0.4 is 4.90 Å². The first kappa shape index (κ1) is 19.8. The average molecular weight is 416 g/mol. The molecule has 7 heteroatoms. The molecule has 0 aromatic heterocycles. The maximum atomic E-state index is 14.0. The summed E-state index contributed by atoms with van der Waals surface area (Å²) in [6.45, 7) is 3.00. The van der Waals surface area contributed by atoms with Gasteiger partial charge in [0.15, 0.2) is 0 Å². The van der Waals surface area contributed by atoms with Gasteiger partial charge in [0.25, 0.3) is 5.91 Å². The van der Waals surface area contributed by atoms with E-state index in [9.17, 15) is 19.1 Å². The summed E-state index contributed by atoms with van der Waals surface area (Å²) < 4.78 is 14.0. The molecule has 0 spiro atoms. The first-order valence-corrected chi connectivity index (χ1v) is 11.3. The Hall–Kier alpha value is -2.15. The maximum absolute atomic E-state index is 14.0. The molecule has 1 aromatic carbocycles. The molecule has 2 amide bonds. The Labute approximate surface area is 176 Å². The van der Waals surface area contributed by atoms with Gasteiger partial charge in [0.1, 0.15) is 11.4 Å². The number of aliphatic hydroxyl groups is 1. The Kier molecular flexibility index (Phi) is 4.96. The molecule has 2 saturated carbocycles. The van der Waals surface area contributed by atoms with Gasteiger partial charge in [-0.25, -0.2) is 4.39 Å². The van der Waals surface area contributed by atoms with Crippen molar-refractivity contribution in [3.05, 3.63) is 29.6 Å². The average Bonchev–Trinajstić information content (AvgIpc) is 3.38. The third-order valence-corrected chi connectivity index (χ3v) is 7.49. The van der Waals surface area contributed by atoms with Crippen molar-refractivity contribution in [3.63, 3.8) is 0 Å². The lowest BCUT2D eigenvalue weighted by molar-refractivity contribution is -0.148. The quantitative estimate of drug-likeness (QED) is 0.820. The first-order chi connectivity index (χ1) is 14.5. The highest BCUT2D eigenvalue weighted by atomic mass is 19.1. The Bertz CT molecular complexity index is 840. The molecule has 2 aliphatic carbocycles. The van der Waals surface area contributed by atoms with Gasteiger partial charge < -0.3 is 19.8 Å². The van der Waals surface area contributed by atoms with Crippen LogP contribution in [0.5, 0.6) is 0 Å². The van der Waals surface area contributed by atoms with Gasteiger partial charge in [-0.2, -0.15) is 0 Å². The zero-order valence-electron chi connectivity index (χ0n) is 17.4. The minimum Gasteiger partial charge on any atom is -0.380 e. The van der Waals surface area contributed by atoms with Crippen LogP contribution in [0.15, 0.2) is 18.2 Å². The fourth-order valence-electron chi connectivity index (χ4n) is 5.44. The normalized spacial score (nSPS) is 27.7. The molecule has 5 rings (SSSR count). The highest BCUT2D eigenvalue weighted by Gasteiger charge is 2.50. The van der Waals surface area contributed by atoms with Crippen LogP contribution in [-0.4, -0.2) is 71.1 Å². The van der Waals surface area contributed by atoms with E-state index in [0.717, 1.165) is 49.9 Å². The van der Waals surface area contributed by atoms with Crippen LogP contribution >= 0.6 is 0 Å². The standard InChI is InChI=1S/C23H30FN3O3/c24-19-2-1-3-20-18(19)8-11-27(20)17-6-4-16(5-7-17)21(28)25-12-14-26(15-13-25)22(29)23(30)9-10-23/h1-3,16-17,30H,4-15H2. The Morgan fingerprint density at radius 2 is 1.63 bits per heavy atom. The van der Waals surface area contributed by atoms with Gasteiger partial charge in [0.2, 0.25) is 5.91 Å². The molecule has 1 N–H and O–H groups in total. The molecule has 1 saturated heterocycles. The smallest absolute Gasteiger partial charge is 0.254 e. The molecule has 2 heterocycles. The highest BCUT2D eigenvalue weighted by Crippen LogP contribution is 2.38. The Morgan fingerprint density at radius 1 is 0.967 bits per heavy atom. The van der Waals surface area contributed by atoms with Crippen molar-refractivity contribution in [1.29, 1.82) is 0 Å². The van der Waals surface area contributed by atoms with Crippen molar-refractivity contribution in [3.8, 4) is 0 Å². The third kappa shape index (κ3) is 3.47. The van der Waals surface area contributed by atoms with Crippen LogP contribution in [0.25, 0.3) is 0 Å². The lowest BCUT2D eigenvalue weighted by atomic mass is 9.84. The summed E-state index contributed by atoms with van der Waals surface area (Å²) in [5, 5.41) is 10.0. The maximum Gasteiger partial charge on any atom is 0.254 e. The van der Waals surface area contributed by atoms with Crippen molar-refractivity contribution in [2.75, 3.05) is 37.6 Å². The summed E-state index contributed by atoms with van der Waals surface area (Å²) in [5.41, 5.74) is 0.739. The van der Waals surface area contributed by atoms with Gasteiger partial charge in [0.05, 0.1) is 0 Å². The van der Waals surface area contributed by atoms with Gasteiger partial charge >= 0.3 is 0 Å². The van der Waals surface area contributed by atoms with E-state index < -0.39 is 5.60 Å². The summed E-state index contributed by atoms with van der Waals surface area (Å²) in [4.78, 5) is 31.2. The molecular weight excluding hydrogens is 385 g/mol. The van der Waals surface area contributed by atoms with E-state index in [0.29, 0.717) is 45.1 Å². The number of halogens is 1. The fourth-order valence-corrected chi connectivity index (χ4v) is 5.44. The molecule has 0 atom stereocenters. The van der Waals surface area contributed by atoms with E-state index in [1.165, 1.54) is 6.07 Å². The predicted octanol–water partition coefficient (Wildman–Crippen LogP) is 1.94. The number of benzene rings is 1. The number of hydrogen-bond acceptors (Lipinski definition) is 4. The molecule has 4 aliphatic rings. The summed E-state index contributed by atoms with van der Waals surface area (Å²) in [6.07, 6.45) is 5.52. The van der Waals surface area contributed by atoms with Crippen molar-refractivity contribution in [2.45, 2.75) is 56.6 Å². The second-order valence-electron chi connectivity index (χ2n) is 9.34. The van der Waals surface area contributed by atoms with E-state index in [2.05, 4.69) is 4.90 Å². The predicted molar refractivity (Wildman–Crippen MR) is 111 cm³/mol. The van der Waals surface area contributed by atoms with Gasteiger partial charge in [-0.3, -0.25) is 9.59 Å². The van der Waals surface area contributed by atoms with Gasteiger partial charge in [0, 0.05) is 55.9 Å². The van der Waals surface area contributed by atoms with E-state index in [4.69, 9.17) is 0 Å². The summed E-state index contributed by atoms with van der Waals surface area (Å²) in [6, 6.07) is 5.72. The number of anilines is 1. The van der Waals surface area contributed by atoms with Crippen molar-refractivity contribution in [1.82, 2.24) is 9.80 Å². The largest absolute Gasteiger partial charge is 0.380 e. The third-order valence-electron chi connectivity index (χ3n) is 7.49. The number of fused-ring (bicyclic) bond motifs is 1. The molecule has 30 heavy (non-hydrogen) atoms. The molecule has 3 fully saturated rings. The monoisotopic (exact) mass is 415 g/mol. The minimum atomic E-state index is -1.12. The lowest BCUT2D eigenvalue weighted by Gasteiger charge is -2.40. The van der Waals surface area contributed by atoms with Crippen molar-refractivity contribution in [2.24, 2.45) is 5.92 Å². The summed E-state index contributed by atoms with van der Waals surface area (Å²) in [7, 11) is 0. The zero-order chi connectivity index (χ0) is 20.9. The summed E-state index contributed by atoms with van der Waals surface area (Å²) >= 11 is 0. The molecule has 162 valence electrons. The molecule has 6 nitrogen and oxygen atoms in total. The SMILES string of the molecule is O=C(C1CCC(N2CCc3c(F)cccc32)CC1)N1CCN(C(=O)C2(O)CC2)CC1. The number of amides is 2. The van der Waals surface area contributed by atoms with E-state index in [1.807, 2.05) is 11.0 Å². The number of carbonyl (C=O) groups excluding carboxylic acids is 2. The van der Waals surface area contributed by atoms with Crippen LogP contribution in [0.3, 0.4) is 0 Å². The van der Waals surface area contributed by atoms with Crippen LogP contribution in [0, 0.1) is 11.7 Å². The molecular formula is C23H30FN3O3. The van der Waals surface area contributed by atoms with Crippen LogP contribution in [0.2, 0.25) is 0 Å². The van der Waals surface area contributed by atoms with Crippen LogP contribution in [0.1, 0.15) is 44.1 Å². The molecule has 0 unspecified atom stereocenters. The second-order valence-corrected chi connectivity index (χ2v) is 9.34.